The minimum absolute atomic E-state index is 0.584. The van der Waals surface area contributed by atoms with Crippen molar-refractivity contribution in [1.82, 2.24) is 14.8 Å². The Kier molecular flexibility index (Phi) is 3.27. The first kappa shape index (κ1) is 12.1. The molecular weight excluding hydrogens is 232 g/mol. The van der Waals surface area contributed by atoms with Gasteiger partial charge in [-0.3, -0.25) is 4.79 Å². The number of hydrogen-bond acceptors (Lipinski definition) is 4. The van der Waals surface area contributed by atoms with Crippen LogP contribution in [0.4, 0.5) is 5.69 Å². The predicted octanol–water partition coefficient (Wildman–Crippen LogP) is 1.37. The summed E-state index contributed by atoms with van der Waals surface area (Å²) in [5.41, 5.74) is 1.50. The number of methoxy groups -OCH3 is 1. The van der Waals surface area contributed by atoms with Crippen molar-refractivity contribution in [3.63, 3.8) is 0 Å². The number of carbonyl (C=O) groups is 1. The van der Waals surface area contributed by atoms with Crippen LogP contribution in [0.25, 0.3) is 11.4 Å². The van der Waals surface area contributed by atoms with E-state index in [1.165, 1.54) is 0 Å². The van der Waals surface area contributed by atoms with Gasteiger partial charge in [0.05, 0.1) is 12.8 Å². The van der Waals surface area contributed by atoms with Crippen LogP contribution in [0.1, 0.15) is 5.82 Å². The third-order valence-electron chi connectivity index (χ3n) is 2.77. The molecule has 0 saturated heterocycles. The predicted molar refractivity (Wildman–Crippen MR) is 67.4 cm³/mol. The molecule has 0 saturated carbocycles. The van der Waals surface area contributed by atoms with Crippen molar-refractivity contribution in [2.24, 2.45) is 7.05 Å². The lowest BCUT2D eigenvalue weighted by Crippen LogP contribution is -1.99. The molecule has 0 unspecified atom stereocenters. The highest BCUT2D eigenvalue weighted by molar-refractivity contribution is 5.77. The van der Waals surface area contributed by atoms with E-state index in [0.717, 1.165) is 17.2 Å². The topological polar surface area (TPSA) is 69.0 Å². The number of carbonyl (C=O) groups excluding carboxylic acids is 1. The minimum Gasteiger partial charge on any atom is -0.495 e. The largest absolute Gasteiger partial charge is 0.495 e. The Hall–Kier alpha value is -2.37. The lowest BCUT2D eigenvalue weighted by molar-refractivity contribution is -0.105. The first-order chi connectivity index (χ1) is 8.67. The molecule has 0 atom stereocenters. The van der Waals surface area contributed by atoms with Gasteiger partial charge >= 0.3 is 0 Å². The molecule has 0 fully saturated rings. The van der Waals surface area contributed by atoms with Crippen LogP contribution < -0.4 is 10.1 Å². The van der Waals surface area contributed by atoms with Crippen LogP contribution in [0, 0.1) is 6.92 Å². The number of aromatic nitrogens is 3. The summed E-state index contributed by atoms with van der Waals surface area (Å²) >= 11 is 0. The van der Waals surface area contributed by atoms with Crippen molar-refractivity contribution in [3.8, 4) is 17.1 Å². The summed E-state index contributed by atoms with van der Waals surface area (Å²) in [7, 11) is 3.45. The molecule has 18 heavy (non-hydrogen) atoms. The van der Waals surface area contributed by atoms with E-state index in [1.807, 2.05) is 30.7 Å². The Bertz CT molecular complexity index is 577. The van der Waals surface area contributed by atoms with Crippen molar-refractivity contribution in [2.45, 2.75) is 6.92 Å². The van der Waals surface area contributed by atoms with Crippen molar-refractivity contribution in [2.75, 3.05) is 12.4 Å². The Labute approximate surface area is 105 Å². The maximum absolute atomic E-state index is 10.5. The fourth-order valence-corrected chi connectivity index (χ4v) is 1.67. The summed E-state index contributed by atoms with van der Waals surface area (Å²) in [6.07, 6.45) is 0.615. The highest BCUT2D eigenvalue weighted by atomic mass is 16.5. The monoisotopic (exact) mass is 246 g/mol. The van der Waals surface area contributed by atoms with Crippen LogP contribution in [0.2, 0.25) is 0 Å². The van der Waals surface area contributed by atoms with Crippen LogP contribution in [0.3, 0.4) is 0 Å². The molecule has 0 radical (unpaired) electrons. The smallest absolute Gasteiger partial charge is 0.211 e. The molecule has 1 N–H and O–H groups in total. The molecule has 2 rings (SSSR count). The number of nitrogens with zero attached hydrogens (tertiary/aromatic N) is 3. The van der Waals surface area contributed by atoms with Crippen LogP contribution in [0.5, 0.6) is 5.75 Å². The fraction of sp³-hybridized carbons (Fsp3) is 0.250. The molecule has 1 heterocycles. The molecule has 1 aromatic carbocycles. The minimum atomic E-state index is 0.584. The Morgan fingerprint density at radius 3 is 2.72 bits per heavy atom. The summed E-state index contributed by atoms with van der Waals surface area (Å²) in [5, 5.41) is 10.7. The number of rotatable bonds is 4. The quantitative estimate of drug-likeness (QED) is 0.827. The number of anilines is 1. The molecule has 94 valence electrons. The van der Waals surface area contributed by atoms with Crippen molar-refractivity contribution in [1.29, 1.82) is 0 Å². The molecule has 6 nitrogen and oxygen atoms in total. The molecule has 0 aliphatic rings. The maximum atomic E-state index is 10.5. The van der Waals surface area contributed by atoms with E-state index in [4.69, 9.17) is 4.74 Å². The lowest BCUT2D eigenvalue weighted by atomic mass is 10.1. The van der Waals surface area contributed by atoms with Gasteiger partial charge in [0.1, 0.15) is 11.6 Å². The zero-order valence-corrected chi connectivity index (χ0v) is 10.5. The van der Waals surface area contributed by atoms with Gasteiger partial charge in [0.2, 0.25) is 6.41 Å². The standard InChI is InChI=1S/C12H14N4O2/c1-8-14-15-12(16(8)2)9-4-5-10(13-7-17)11(6-9)18-3/h4-7H,1-3H3,(H,13,17). The second-order valence-corrected chi connectivity index (χ2v) is 3.81. The number of hydrogen-bond donors (Lipinski definition) is 1. The second-order valence-electron chi connectivity index (χ2n) is 3.81. The van der Waals surface area contributed by atoms with E-state index >= 15 is 0 Å². The molecule has 0 aliphatic carbocycles. The third-order valence-corrected chi connectivity index (χ3v) is 2.77. The lowest BCUT2D eigenvalue weighted by Gasteiger charge is -2.09. The van der Waals surface area contributed by atoms with Gasteiger partial charge in [-0.1, -0.05) is 0 Å². The Morgan fingerprint density at radius 1 is 1.39 bits per heavy atom. The van der Waals surface area contributed by atoms with E-state index in [9.17, 15) is 4.79 Å². The van der Waals surface area contributed by atoms with Crippen molar-refractivity contribution < 1.29 is 9.53 Å². The number of benzene rings is 1. The van der Waals surface area contributed by atoms with Gasteiger partial charge < -0.3 is 14.6 Å². The first-order valence-electron chi connectivity index (χ1n) is 5.42. The van der Waals surface area contributed by atoms with E-state index in [-0.39, 0.29) is 0 Å². The van der Waals surface area contributed by atoms with E-state index < -0.39 is 0 Å². The fourth-order valence-electron chi connectivity index (χ4n) is 1.67. The van der Waals surface area contributed by atoms with Gasteiger partial charge in [0.15, 0.2) is 5.82 Å². The number of nitrogens with one attached hydrogen (secondary N) is 1. The second kappa shape index (κ2) is 4.87. The zero-order valence-electron chi connectivity index (χ0n) is 10.5. The number of amides is 1. The number of aryl methyl sites for hydroxylation is 1. The van der Waals surface area contributed by atoms with Gasteiger partial charge in [-0.25, -0.2) is 0 Å². The van der Waals surface area contributed by atoms with Gasteiger partial charge in [0, 0.05) is 12.6 Å². The normalized spacial score (nSPS) is 10.2. The third kappa shape index (κ3) is 2.04. The molecule has 1 amide bonds. The molecule has 0 spiro atoms. The van der Waals surface area contributed by atoms with Crippen LogP contribution in [0.15, 0.2) is 18.2 Å². The highest BCUT2D eigenvalue weighted by Gasteiger charge is 2.10. The zero-order chi connectivity index (χ0) is 13.1. The van der Waals surface area contributed by atoms with E-state index in [0.29, 0.717) is 17.8 Å². The van der Waals surface area contributed by atoms with Crippen LogP contribution in [-0.2, 0) is 11.8 Å². The van der Waals surface area contributed by atoms with Gasteiger partial charge in [-0.15, -0.1) is 10.2 Å². The summed E-state index contributed by atoms with van der Waals surface area (Å²) in [4.78, 5) is 10.5. The first-order valence-corrected chi connectivity index (χ1v) is 5.42. The average Bonchev–Trinajstić information content (AvgIpc) is 2.71. The van der Waals surface area contributed by atoms with Crippen LogP contribution >= 0.6 is 0 Å². The molecule has 0 aliphatic heterocycles. The summed E-state index contributed by atoms with van der Waals surface area (Å²) < 4.78 is 7.12. The SMILES string of the molecule is COc1cc(-c2nnc(C)n2C)ccc1NC=O. The van der Waals surface area contributed by atoms with Crippen LogP contribution in [-0.4, -0.2) is 28.3 Å². The van der Waals surface area contributed by atoms with Gasteiger partial charge in [-0.2, -0.15) is 0 Å². The van der Waals surface area contributed by atoms with E-state index in [2.05, 4.69) is 15.5 Å². The van der Waals surface area contributed by atoms with Crippen molar-refractivity contribution in [3.05, 3.63) is 24.0 Å². The Balaban J connectivity index is 2.47. The van der Waals surface area contributed by atoms with Crippen molar-refractivity contribution >= 4 is 12.1 Å². The molecular formula is C12H14N4O2. The Morgan fingerprint density at radius 2 is 2.17 bits per heavy atom. The highest BCUT2D eigenvalue weighted by Crippen LogP contribution is 2.29. The summed E-state index contributed by atoms with van der Waals surface area (Å²) in [6, 6.07) is 5.44. The van der Waals surface area contributed by atoms with Gasteiger partial charge in [0.25, 0.3) is 0 Å². The molecule has 1 aromatic heterocycles. The van der Waals surface area contributed by atoms with Gasteiger partial charge in [-0.05, 0) is 25.1 Å². The van der Waals surface area contributed by atoms with E-state index in [1.54, 1.807) is 13.2 Å². The maximum Gasteiger partial charge on any atom is 0.211 e. The molecule has 0 bridgehead atoms. The number of ether oxygens (including phenoxy) is 1. The average molecular weight is 246 g/mol. The summed E-state index contributed by atoms with van der Waals surface area (Å²) in [6.45, 7) is 1.88. The molecule has 6 heteroatoms. The summed E-state index contributed by atoms with van der Waals surface area (Å²) in [5.74, 6) is 2.17. The molecule has 2 aromatic rings.